The molecule has 4 rings (SSSR count). The van der Waals surface area contributed by atoms with E-state index < -0.39 is 12.1 Å². The Kier molecular flexibility index (Phi) is 5.00. The molecule has 0 bridgehead atoms. The first-order valence-corrected chi connectivity index (χ1v) is 9.85. The highest BCUT2D eigenvalue weighted by Gasteiger charge is 2.27. The summed E-state index contributed by atoms with van der Waals surface area (Å²) in [6, 6.07) is 8.52. The highest BCUT2D eigenvalue weighted by Crippen LogP contribution is 2.32. The Balaban J connectivity index is 1.51. The van der Waals surface area contributed by atoms with Gasteiger partial charge in [-0.15, -0.1) is 0 Å². The molecule has 2 heterocycles. The van der Waals surface area contributed by atoms with Crippen molar-refractivity contribution in [2.45, 2.75) is 51.2 Å². The fraction of sp³-hybridized carbons (Fsp3) is 0.571. The Labute approximate surface area is 154 Å². The van der Waals surface area contributed by atoms with Crippen LogP contribution in [0.25, 0.3) is 10.9 Å². The van der Waals surface area contributed by atoms with Crippen LogP contribution in [0.3, 0.4) is 0 Å². The van der Waals surface area contributed by atoms with Gasteiger partial charge >= 0.3 is 5.97 Å². The number of carboxylic acids is 1. The van der Waals surface area contributed by atoms with Crippen LogP contribution in [0.1, 0.15) is 36.9 Å². The number of para-hydroxylation sites is 1. The van der Waals surface area contributed by atoms with Gasteiger partial charge in [0.2, 0.25) is 0 Å². The van der Waals surface area contributed by atoms with Crippen LogP contribution in [0.2, 0.25) is 0 Å². The van der Waals surface area contributed by atoms with E-state index in [2.05, 4.69) is 33.7 Å². The number of benzene rings is 1. The van der Waals surface area contributed by atoms with Gasteiger partial charge in [0.1, 0.15) is 0 Å². The fourth-order valence-corrected chi connectivity index (χ4v) is 4.78. The molecule has 2 aromatic rings. The minimum atomic E-state index is -0.713. The second-order valence-electron chi connectivity index (χ2n) is 7.85. The maximum Gasteiger partial charge on any atom is 0.307 e. The molecular weight excluding hydrogens is 328 g/mol. The maximum atomic E-state index is 11.3. The number of piperidine rings is 1. The summed E-state index contributed by atoms with van der Waals surface area (Å²) in [5, 5.41) is 21.3. The van der Waals surface area contributed by atoms with E-state index in [0.717, 1.165) is 32.2 Å². The quantitative estimate of drug-likeness (QED) is 0.864. The lowest BCUT2D eigenvalue weighted by atomic mass is 9.95. The number of β-amino-alcohol motifs (C(OH)–C–C–N with tert-alkyl or cyclic N) is 1. The van der Waals surface area contributed by atoms with Gasteiger partial charge in [0, 0.05) is 29.7 Å². The van der Waals surface area contributed by atoms with Gasteiger partial charge in [-0.25, -0.2) is 0 Å². The number of aliphatic carboxylic acids is 1. The molecule has 1 aromatic heterocycles. The third-order valence-corrected chi connectivity index (χ3v) is 6.00. The van der Waals surface area contributed by atoms with E-state index in [4.69, 9.17) is 0 Å². The zero-order valence-electron chi connectivity index (χ0n) is 15.2. The van der Waals surface area contributed by atoms with Gasteiger partial charge in [0.15, 0.2) is 0 Å². The summed E-state index contributed by atoms with van der Waals surface area (Å²) >= 11 is 0. The molecule has 2 aliphatic rings. The molecule has 1 saturated heterocycles. The fourth-order valence-electron chi connectivity index (χ4n) is 4.78. The predicted molar refractivity (Wildman–Crippen MR) is 101 cm³/mol. The molecule has 140 valence electrons. The Hall–Kier alpha value is -1.85. The number of likely N-dealkylation sites (tertiary alicyclic amines) is 1. The zero-order chi connectivity index (χ0) is 18.1. The molecule has 0 radical (unpaired) electrons. The third kappa shape index (κ3) is 3.38. The van der Waals surface area contributed by atoms with Crippen molar-refractivity contribution in [1.29, 1.82) is 0 Å². The van der Waals surface area contributed by atoms with Crippen LogP contribution >= 0.6 is 0 Å². The van der Waals surface area contributed by atoms with Gasteiger partial charge in [-0.05, 0) is 56.7 Å². The first-order valence-electron chi connectivity index (χ1n) is 9.85. The third-order valence-electron chi connectivity index (χ3n) is 6.00. The molecule has 1 aromatic carbocycles. The number of hydrogen-bond acceptors (Lipinski definition) is 3. The summed E-state index contributed by atoms with van der Waals surface area (Å²) in [6.45, 7) is 2.57. The SMILES string of the molecule is O=C(O)C1CCCN(CC(O)Cn2c3c(c4ccccc42)CCCC3)C1. The largest absolute Gasteiger partial charge is 0.481 e. The lowest BCUT2D eigenvalue weighted by molar-refractivity contribution is -0.143. The molecule has 0 amide bonds. The molecule has 2 N–H and O–H groups in total. The van der Waals surface area contributed by atoms with Gasteiger partial charge in [-0.3, -0.25) is 9.69 Å². The second kappa shape index (κ2) is 7.41. The summed E-state index contributed by atoms with van der Waals surface area (Å²) in [4.78, 5) is 13.4. The standard InChI is InChI=1S/C21H28N2O3/c24-16(13-22-11-5-6-15(12-22)21(25)26)14-23-19-9-3-1-7-17(19)18-8-2-4-10-20(18)23/h1,3,7,9,15-16,24H,2,4-6,8,10-14H2,(H,25,26). The molecule has 26 heavy (non-hydrogen) atoms. The summed E-state index contributed by atoms with van der Waals surface area (Å²) in [6.07, 6.45) is 5.83. The number of aromatic nitrogens is 1. The van der Waals surface area contributed by atoms with Gasteiger partial charge in [-0.1, -0.05) is 18.2 Å². The van der Waals surface area contributed by atoms with E-state index in [-0.39, 0.29) is 5.92 Å². The Bertz CT molecular complexity index is 798. The highest BCUT2D eigenvalue weighted by molar-refractivity contribution is 5.85. The molecule has 1 aliphatic heterocycles. The second-order valence-corrected chi connectivity index (χ2v) is 7.85. The van der Waals surface area contributed by atoms with Crippen molar-refractivity contribution >= 4 is 16.9 Å². The van der Waals surface area contributed by atoms with Crippen LogP contribution < -0.4 is 0 Å². The lowest BCUT2D eigenvalue weighted by Crippen LogP contribution is -2.43. The number of nitrogens with zero attached hydrogens (tertiary/aromatic N) is 2. The van der Waals surface area contributed by atoms with E-state index in [1.165, 1.54) is 35.0 Å². The van der Waals surface area contributed by atoms with Crippen molar-refractivity contribution < 1.29 is 15.0 Å². The molecule has 5 heteroatoms. The maximum absolute atomic E-state index is 11.3. The topological polar surface area (TPSA) is 65.7 Å². The number of carboxylic acid groups (broad SMARTS) is 1. The summed E-state index contributed by atoms with van der Waals surface area (Å²) in [5.41, 5.74) is 4.07. The summed E-state index contributed by atoms with van der Waals surface area (Å²) < 4.78 is 2.31. The average molecular weight is 356 g/mol. The van der Waals surface area contributed by atoms with Crippen molar-refractivity contribution in [2.75, 3.05) is 19.6 Å². The molecule has 2 unspecified atom stereocenters. The van der Waals surface area contributed by atoms with Crippen LogP contribution in [0.15, 0.2) is 24.3 Å². The number of aryl methyl sites for hydroxylation is 1. The summed E-state index contributed by atoms with van der Waals surface area (Å²) in [5.74, 6) is -1.01. The molecule has 1 fully saturated rings. The normalized spacial score (nSPS) is 22.3. The minimum absolute atomic E-state index is 0.295. The van der Waals surface area contributed by atoms with E-state index in [9.17, 15) is 15.0 Å². The molecule has 0 spiro atoms. The van der Waals surface area contributed by atoms with Crippen LogP contribution in [0.5, 0.6) is 0 Å². The number of fused-ring (bicyclic) bond motifs is 3. The number of aliphatic hydroxyl groups is 1. The van der Waals surface area contributed by atoms with Gasteiger partial charge in [0.05, 0.1) is 18.6 Å². The monoisotopic (exact) mass is 356 g/mol. The highest BCUT2D eigenvalue weighted by atomic mass is 16.4. The first-order chi connectivity index (χ1) is 12.6. The predicted octanol–water partition coefficient (Wildman–Crippen LogP) is 2.68. The number of carbonyl (C=O) groups is 1. The van der Waals surface area contributed by atoms with E-state index in [0.29, 0.717) is 19.6 Å². The molecule has 5 nitrogen and oxygen atoms in total. The molecule has 2 atom stereocenters. The van der Waals surface area contributed by atoms with Crippen molar-refractivity contribution in [3.05, 3.63) is 35.5 Å². The van der Waals surface area contributed by atoms with E-state index in [1.54, 1.807) is 0 Å². The van der Waals surface area contributed by atoms with E-state index in [1.807, 2.05) is 0 Å². The van der Waals surface area contributed by atoms with Crippen LogP contribution in [0.4, 0.5) is 0 Å². The Morgan fingerprint density at radius 3 is 2.81 bits per heavy atom. The molecule has 1 aliphatic carbocycles. The van der Waals surface area contributed by atoms with Crippen molar-refractivity contribution in [3.8, 4) is 0 Å². The zero-order valence-corrected chi connectivity index (χ0v) is 15.2. The molecular formula is C21H28N2O3. The van der Waals surface area contributed by atoms with Gasteiger partial charge < -0.3 is 14.8 Å². The molecule has 0 saturated carbocycles. The smallest absolute Gasteiger partial charge is 0.307 e. The summed E-state index contributed by atoms with van der Waals surface area (Å²) in [7, 11) is 0. The lowest BCUT2D eigenvalue weighted by Gasteiger charge is -2.32. The van der Waals surface area contributed by atoms with Gasteiger partial charge in [-0.2, -0.15) is 0 Å². The number of rotatable bonds is 5. The van der Waals surface area contributed by atoms with Crippen LogP contribution in [-0.2, 0) is 24.2 Å². The Morgan fingerprint density at radius 1 is 1.15 bits per heavy atom. The number of aliphatic hydroxyl groups excluding tert-OH is 1. The van der Waals surface area contributed by atoms with Gasteiger partial charge in [0.25, 0.3) is 0 Å². The van der Waals surface area contributed by atoms with Crippen molar-refractivity contribution in [2.24, 2.45) is 5.92 Å². The Morgan fingerprint density at radius 2 is 1.96 bits per heavy atom. The van der Waals surface area contributed by atoms with Crippen molar-refractivity contribution in [1.82, 2.24) is 9.47 Å². The first kappa shape index (κ1) is 17.6. The van der Waals surface area contributed by atoms with Crippen molar-refractivity contribution in [3.63, 3.8) is 0 Å². The number of hydrogen-bond donors (Lipinski definition) is 2. The average Bonchev–Trinajstić information content (AvgIpc) is 2.96. The van der Waals surface area contributed by atoms with E-state index >= 15 is 0 Å². The van der Waals surface area contributed by atoms with Crippen LogP contribution in [0, 0.1) is 5.92 Å². The minimum Gasteiger partial charge on any atom is -0.481 e. The van der Waals surface area contributed by atoms with Crippen LogP contribution in [-0.4, -0.2) is 51.4 Å².